The number of hydrogen-bond donors (Lipinski definition) is 1. The fraction of sp³-hybridized carbons (Fsp3) is 0.286. The van der Waals surface area contributed by atoms with Crippen molar-refractivity contribution in [3.8, 4) is 5.95 Å². The van der Waals surface area contributed by atoms with E-state index in [4.69, 9.17) is 9.15 Å². The van der Waals surface area contributed by atoms with E-state index < -0.39 is 40.1 Å². The Morgan fingerprint density at radius 3 is 2.76 bits per heavy atom. The number of rotatable bonds is 7. The van der Waals surface area contributed by atoms with Crippen molar-refractivity contribution in [1.82, 2.24) is 19.5 Å². The Bertz CT molecular complexity index is 1720. The SMILES string of the molecule is Cc1c(OC(=O)NC(Cc2cccs2)C(=O)N2CCC3C2C(=O)CN3S(=O)(=O)c2cccnc2)oc2ccccc12. The summed E-state index contributed by atoms with van der Waals surface area (Å²) in [6, 6.07) is 11.2. The topological polar surface area (TPSA) is 139 Å². The van der Waals surface area contributed by atoms with Crippen molar-refractivity contribution in [2.45, 2.75) is 42.8 Å². The molecule has 1 N–H and O–H groups in total. The van der Waals surface area contributed by atoms with Crippen LogP contribution in [-0.4, -0.2) is 71.6 Å². The lowest BCUT2D eigenvalue weighted by Crippen LogP contribution is -2.53. The second-order valence-corrected chi connectivity index (χ2v) is 12.8. The molecule has 3 aromatic heterocycles. The summed E-state index contributed by atoms with van der Waals surface area (Å²) in [7, 11) is -3.99. The minimum Gasteiger partial charge on any atom is -0.425 e. The van der Waals surface area contributed by atoms with Gasteiger partial charge < -0.3 is 19.4 Å². The van der Waals surface area contributed by atoms with Gasteiger partial charge in [-0.3, -0.25) is 14.6 Å². The van der Waals surface area contributed by atoms with E-state index >= 15 is 0 Å². The average molecular weight is 595 g/mol. The zero-order valence-corrected chi connectivity index (χ0v) is 23.6. The van der Waals surface area contributed by atoms with Crippen LogP contribution in [0.1, 0.15) is 16.9 Å². The van der Waals surface area contributed by atoms with Crippen molar-refractivity contribution in [3.63, 3.8) is 0 Å². The van der Waals surface area contributed by atoms with E-state index in [-0.39, 0.29) is 42.6 Å². The smallest absolute Gasteiger partial charge is 0.415 e. The molecule has 0 saturated carbocycles. The highest BCUT2D eigenvalue weighted by atomic mass is 32.2. The van der Waals surface area contributed by atoms with Crippen LogP contribution in [0.4, 0.5) is 4.79 Å². The van der Waals surface area contributed by atoms with Crippen LogP contribution in [0.3, 0.4) is 0 Å². The molecule has 2 aliphatic rings. The monoisotopic (exact) mass is 594 g/mol. The lowest BCUT2D eigenvalue weighted by molar-refractivity contribution is -0.138. The molecule has 3 atom stereocenters. The van der Waals surface area contributed by atoms with E-state index in [1.54, 1.807) is 13.0 Å². The highest BCUT2D eigenvalue weighted by Crippen LogP contribution is 2.35. The van der Waals surface area contributed by atoms with Crippen molar-refractivity contribution >= 4 is 50.1 Å². The van der Waals surface area contributed by atoms with Crippen molar-refractivity contribution in [3.05, 3.63) is 76.7 Å². The number of benzene rings is 1. The van der Waals surface area contributed by atoms with Crippen molar-refractivity contribution < 1.29 is 32.0 Å². The number of para-hydroxylation sites is 1. The van der Waals surface area contributed by atoms with Crippen molar-refractivity contribution in [1.29, 1.82) is 0 Å². The van der Waals surface area contributed by atoms with Crippen LogP contribution in [0.2, 0.25) is 0 Å². The summed E-state index contributed by atoms with van der Waals surface area (Å²) in [5.41, 5.74) is 1.21. The van der Waals surface area contributed by atoms with Crippen LogP contribution in [0, 0.1) is 6.92 Å². The number of pyridine rings is 1. The number of hydrogen-bond acceptors (Lipinski definition) is 9. The third kappa shape index (κ3) is 5.00. The van der Waals surface area contributed by atoms with Gasteiger partial charge in [-0.05, 0) is 43.0 Å². The van der Waals surface area contributed by atoms with Crippen molar-refractivity contribution in [2.75, 3.05) is 13.1 Å². The number of ether oxygens (including phenoxy) is 1. The fourth-order valence-electron chi connectivity index (χ4n) is 5.51. The number of ketones is 1. The minimum absolute atomic E-state index is 0.0147. The van der Waals surface area contributed by atoms with Crippen LogP contribution < -0.4 is 10.1 Å². The van der Waals surface area contributed by atoms with E-state index in [1.165, 1.54) is 40.8 Å². The van der Waals surface area contributed by atoms with Crippen LogP contribution in [0.5, 0.6) is 5.95 Å². The molecule has 4 aromatic rings. The molecular weight excluding hydrogens is 568 g/mol. The molecule has 2 saturated heterocycles. The average Bonchev–Trinajstić information content (AvgIpc) is 3.76. The Kier molecular flexibility index (Phi) is 7.09. The van der Waals surface area contributed by atoms with Gasteiger partial charge in [-0.1, -0.05) is 24.3 Å². The number of likely N-dealkylation sites (tertiary alicyclic amines) is 1. The number of amides is 2. The number of aryl methyl sites for hydroxylation is 1. The van der Waals surface area contributed by atoms with E-state index in [2.05, 4.69) is 10.3 Å². The molecule has 3 unspecified atom stereocenters. The van der Waals surface area contributed by atoms with E-state index in [0.29, 0.717) is 11.1 Å². The summed E-state index contributed by atoms with van der Waals surface area (Å²) in [6.45, 7) is 1.59. The summed E-state index contributed by atoms with van der Waals surface area (Å²) in [5.74, 6) is -0.837. The van der Waals surface area contributed by atoms with Gasteiger partial charge in [-0.15, -0.1) is 11.3 Å². The highest BCUT2D eigenvalue weighted by molar-refractivity contribution is 7.89. The molecule has 0 spiro atoms. The molecule has 0 radical (unpaired) electrons. The molecule has 13 heteroatoms. The number of carbonyl (C=O) groups is 3. The third-order valence-corrected chi connectivity index (χ3v) is 10.2. The summed E-state index contributed by atoms with van der Waals surface area (Å²) < 4.78 is 38.9. The first-order valence-corrected chi connectivity index (χ1v) is 15.3. The number of furan rings is 1. The van der Waals surface area contributed by atoms with Gasteiger partial charge in [-0.2, -0.15) is 4.31 Å². The number of nitrogens with zero attached hydrogens (tertiary/aromatic N) is 3. The molecule has 2 aliphatic heterocycles. The summed E-state index contributed by atoms with van der Waals surface area (Å²) >= 11 is 1.43. The van der Waals surface area contributed by atoms with Gasteiger partial charge in [0.05, 0.1) is 12.6 Å². The molecule has 11 nitrogen and oxygen atoms in total. The number of aromatic nitrogens is 1. The first-order chi connectivity index (χ1) is 19.7. The quantitative estimate of drug-likeness (QED) is 0.344. The van der Waals surface area contributed by atoms with Gasteiger partial charge in [0.25, 0.3) is 5.95 Å². The molecule has 2 fully saturated rings. The van der Waals surface area contributed by atoms with Crippen LogP contribution in [0.25, 0.3) is 11.0 Å². The largest absolute Gasteiger partial charge is 0.425 e. The molecule has 5 heterocycles. The Morgan fingerprint density at radius 2 is 2.02 bits per heavy atom. The fourth-order valence-corrected chi connectivity index (χ4v) is 7.85. The predicted octanol–water partition coefficient (Wildman–Crippen LogP) is 3.14. The Hall–Kier alpha value is -4.07. The lowest BCUT2D eigenvalue weighted by atomic mass is 10.1. The van der Waals surface area contributed by atoms with Gasteiger partial charge in [0.2, 0.25) is 15.9 Å². The summed E-state index contributed by atoms with van der Waals surface area (Å²) in [4.78, 5) is 46.2. The molecule has 41 heavy (non-hydrogen) atoms. The zero-order valence-electron chi connectivity index (χ0n) is 21.9. The zero-order chi connectivity index (χ0) is 28.7. The van der Waals surface area contributed by atoms with Gasteiger partial charge in [0.15, 0.2) is 5.78 Å². The number of nitrogens with one attached hydrogen (secondary N) is 1. The molecule has 1 aromatic carbocycles. The van der Waals surface area contributed by atoms with Crippen molar-refractivity contribution in [2.24, 2.45) is 0 Å². The molecule has 6 rings (SSSR count). The maximum Gasteiger partial charge on any atom is 0.415 e. The first-order valence-electron chi connectivity index (χ1n) is 13.0. The normalized spacial score (nSPS) is 19.8. The lowest BCUT2D eigenvalue weighted by Gasteiger charge is -2.28. The Labute approximate surface area is 239 Å². The maximum atomic E-state index is 13.9. The Balaban J connectivity index is 1.22. The molecule has 0 aliphatic carbocycles. The van der Waals surface area contributed by atoms with E-state index in [1.807, 2.05) is 35.7 Å². The number of Topliss-reactive ketones (excluding diaryl/α,β-unsaturated/α-hetero) is 1. The van der Waals surface area contributed by atoms with Crippen LogP contribution in [0.15, 0.2) is 75.6 Å². The van der Waals surface area contributed by atoms with Gasteiger partial charge in [0.1, 0.15) is 22.6 Å². The maximum absolute atomic E-state index is 13.9. The molecule has 0 bridgehead atoms. The molecule has 212 valence electrons. The number of sulfonamides is 1. The number of fused-ring (bicyclic) bond motifs is 2. The molecule has 2 amide bonds. The number of carbonyl (C=O) groups excluding carboxylic acids is 3. The summed E-state index contributed by atoms with van der Waals surface area (Å²) in [6.07, 6.45) is 2.28. The van der Waals surface area contributed by atoms with E-state index in [9.17, 15) is 22.8 Å². The molecular formula is C28H26N4O7S2. The third-order valence-electron chi connectivity index (χ3n) is 7.46. The number of thiophene rings is 1. The second kappa shape index (κ2) is 10.7. The van der Waals surface area contributed by atoms with Gasteiger partial charge in [-0.25, -0.2) is 13.2 Å². The van der Waals surface area contributed by atoms with Gasteiger partial charge in [0, 0.05) is 41.2 Å². The van der Waals surface area contributed by atoms with Crippen LogP contribution in [-0.2, 0) is 26.0 Å². The van der Waals surface area contributed by atoms with E-state index in [0.717, 1.165) is 14.6 Å². The highest BCUT2D eigenvalue weighted by Gasteiger charge is 2.54. The first kappa shape index (κ1) is 27.1. The standard InChI is InChI=1S/C28H26N4O7S2/c1-17-20-8-2-3-9-24(20)38-27(17)39-28(35)30-21(14-18-6-5-13-40-18)26(34)31-12-10-22-25(31)23(33)16-32(22)41(36,37)19-7-4-11-29-15-19/h2-9,11,13,15,21-22,25H,10,12,14,16H2,1H3,(H,30,35). The van der Waals surface area contributed by atoms with Gasteiger partial charge >= 0.3 is 6.09 Å². The second-order valence-electron chi connectivity index (χ2n) is 9.92. The summed E-state index contributed by atoms with van der Waals surface area (Å²) in [5, 5.41) is 5.32. The van der Waals surface area contributed by atoms with Crippen LogP contribution >= 0.6 is 11.3 Å². The Morgan fingerprint density at radius 1 is 1.20 bits per heavy atom. The minimum atomic E-state index is -3.99. The predicted molar refractivity (Wildman–Crippen MR) is 149 cm³/mol.